The zero-order valence-electron chi connectivity index (χ0n) is 69.0. The molecule has 0 saturated carbocycles. The smallest absolute Gasteiger partial charge is 0.462 e. The van der Waals surface area contributed by atoms with E-state index < -0.39 is 97.5 Å². The molecule has 105 heavy (non-hydrogen) atoms. The Labute approximate surface area is 645 Å². The standard InChI is InChI=1S/C86H168O17P2/c1-7-10-12-14-16-18-20-21-22-28-33-40-46-52-58-64-70-85(90)102-81(74-96-83(88)68-62-56-50-44-36-19-17-15-13-11-8-2)76-100-104(92,93)98-72-80(87)73-99-105(94,95)101-77-82(75-97-84(89)69-63-57-51-45-39-35-30-31-37-42-48-54-60-66-78(4)5)103-86(91)71-65-59-53-47-41-34-29-26-24-23-25-27-32-38-43-49-55-61-67-79(6)9-3/h78-82,87H,7-77H2,1-6H3,(H,92,93)(H,94,95)/t79?,80-,81+,82+/m0/s1. The Balaban J connectivity index is 5.23. The van der Waals surface area contributed by atoms with Crippen LogP contribution in [-0.4, -0.2) is 96.7 Å². The third kappa shape index (κ3) is 78.5. The molecule has 0 rings (SSSR count). The number of hydrogen-bond acceptors (Lipinski definition) is 15. The Kier molecular flexibility index (Phi) is 76.0. The molecule has 0 aromatic heterocycles. The first-order valence-electron chi connectivity index (χ1n) is 44.5. The van der Waals surface area contributed by atoms with E-state index in [0.29, 0.717) is 25.7 Å². The molecule has 3 unspecified atom stereocenters. The molecule has 0 aliphatic rings. The quantitative estimate of drug-likeness (QED) is 0.0222. The SMILES string of the molecule is CCCCCCCCCCCCCCCCCCC(=O)O[C@H](COC(=O)CCCCCCCCCCCCC)COP(=O)(O)OC[C@H](O)COP(=O)(O)OC[C@@H](COC(=O)CCCCCCCCCCCCCCCC(C)C)OC(=O)CCCCCCCCCCCCCCCCCCCCC(C)CC. The van der Waals surface area contributed by atoms with Gasteiger partial charge in [-0.05, 0) is 37.5 Å². The van der Waals surface area contributed by atoms with E-state index in [9.17, 15) is 43.2 Å². The van der Waals surface area contributed by atoms with Crippen molar-refractivity contribution >= 4 is 39.5 Å². The van der Waals surface area contributed by atoms with Gasteiger partial charge in [0, 0.05) is 25.7 Å². The summed E-state index contributed by atoms with van der Waals surface area (Å²) in [6.45, 7) is 9.76. The Hall–Kier alpha value is -1.94. The average molecular weight is 1540 g/mol. The molecule has 0 amide bonds. The van der Waals surface area contributed by atoms with Gasteiger partial charge in [-0.2, -0.15) is 0 Å². The first kappa shape index (κ1) is 103. The Morgan fingerprint density at radius 3 is 0.724 bits per heavy atom. The van der Waals surface area contributed by atoms with Crippen molar-refractivity contribution < 1.29 is 80.2 Å². The highest BCUT2D eigenvalue weighted by Gasteiger charge is 2.30. The molecule has 0 aliphatic heterocycles. The summed E-state index contributed by atoms with van der Waals surface area (Å²) in [5.41, 5.74) is 0. The molecule has 0 aliphatic carbocycles. The van der Waals surface area contributed by atoms with Gasteiger partial charge in [-0.1, -0.05) is 408 Å². The van der Waals surface area contributed by atoms with Gasteiger partial charge in [0.1, 0.15) is 19.3 Å². The van der Waals surface area contributed by atoms with Crippen LogP contribution in [0.25, 0.3) is 0 Å². The molecule has 0 saturated heterocycles. The number of esters is 4. The third-order valence-corrected chi connectivity index (χ3v) is 22.5. The van der Waals surface area contributed by atoms with Crippen LogP contribution in [0.4, 0.5) is 0 Å². The molecule has 0 aromatic carbocycles. The van der Waals surface area contributed by atoms with Gasteiger partial charge < -0.3 is 33.8 Å². The number of phosphoric ester groups is 2. The molecule has 19 heteroatoms. The van der Waals surface area contributed by atoms with Crippen molar-refractivity contribution in [1.29, 1.82) is 0 Å². The lowest BCUT2D eigenvalue weighted by atomic mass is 9.99. The lowest BCUT2D eigenvalue weighted by molar-refractivity contribution is -0.161. The number of aliphatic hydroxyl groups excluding tert-OH is 1. The summed E-state index contributed by atoms with van der Waals surface area (Å²) in [5, 5.41) is 10.7. The largest absolute Gasteiger partial charge is 0.472 e. The topological polar surface area (TPSA) is 237 Å². The fourth-order valence-corrected chi connectivity index (χ4v) is 15.0. The molecular weight excluding hydrogens is 1370 g/mol. The van der Waals surface area contributed by atoms with Crippen LogP contribution in [0.2, 0.25) is 0 Å². The number of phosphoric acid groups is 2. The van der Waals surface area contributed by atoms with Gasteiger partial charge in [0.05, 0.1) is 26.4 Å². The minimum atomic E-state index is -4.97. The number of aliphatic hydroxyl groups is 1. The fourth-order valence-electron chi connectivity index (χ4n) is 13.4. The van der Waals surface area contributed by atoms with Crippen molar-refractivity contribution in [2.24, 2.45) is 11.8 Å². The van der Waals surface area contributed by atoms with E-state index in [4.69, 9.17) is 37.0 Å². The number of unbranched alkanes of at least 4 members (excludes halogenated alkanes) is 54. The van der Waals surface area contributed by atoms with E-state index >= 15 is 0 Å². The van der Waals surface area contributed by atoms with Crippen molar-refractivity contribution in [2.75, 3.05) is 39.6 Å². The monoisotopic (exact) mass is 1540 g/mol. The Morgan fingerprint density at radius 1 is 0.276 bits per heavy atom. The van der Waals surface area contributed by atoms with Crippen LogP contribution in [0.3, 0.4) is 0 Å². The summed E-state index contributed by atoms with van der Waals surface area (Å²) in [6.07, 6.45) is 69.3. The molecule has 6 atom stereocenters. The van der Waals surface area contributed by atoms with Gasteiger partial charge in [-0.3, -0.25) is 37.3 Å². The van der Waals surface area contributed by atoms with Crippen molar-refractivity contribution in [2.45, 2.75) is 477 Å². The van der Waals surface area contributed by atoms with Crippen LogP contribution in [0, 0.1) is 11.8 Å². The summed E-state index contributed by atoms with van der Waals surface area (Å²) in [7, 11) is -9.93. The predicted octanol–water partition coefficient (Wildman–Crippen LogP) is 26.2. The maximum atomic E-state index is 13.1. The van der Waals surface area contributed by atoms with E-state index in [1.165, 1.54) is 276 Å². The molecule has 0 aromatic rings. The summed E-state index contributed by atoms with van der Waals surface area (Å²) >= 11 is 0. The van der Waals surface area contributed by atoms with Gasteiger partial charge in [0.25, 0.3) is 0 Å². The van der Waals surface area contributed by atoms with Gasteiger partial charge >= 0.3 is 39.5 Å². The van der Waals surface area contributed by atoms with Gasteiger partial charge in [-0.25, -0.2) is 9.13 Å². The Morgan fingerprint density at radius 2 is 0.486 bits per heavy atom. The van der Waals surface area contributed by atoms with Crippen molar-refractivity contribution in [3.63, 3.8) is 0 Å². The molecular formula is C86H168O17P2. The number of carbonyl (C=O) groups excluding carboxylic acids is 4. The van der Waals surface area contributed by atoms with E-state index in [1.54, 1.807) is 0 Å². The van der Waals surface area contributed by atoms with Gasteiger partial charge in [0.15, 0.2) is 12.2 Å². The Bertz CT molecular complexity index is 2010. The maximum absolute atomic E-state index is 13.1. The number of rotatable bonds is 85. The summed E-state index contributed by atoms with van der Waals surface area (Å²) < 4.78 is 68.9. The van der Waals surface area contributed by atoms with Crippen LogP contribution in [0.1, 0.15) is 459 Å². The number of hydrogen-bond donors (Lipinski definition) is 3. The minimum Gasteiger partial charge on any atom is -0.462 e. The average Bonchev–Trinajstić information content (AvgIpc) is 0.907. The second kappa shape index (κ2) is 77.4. The predicted molar refractivity (Wildman–Crippen MR) is 432 cm³/mol. The van der Waals surface area contributed by atoms with Crippen molar-refractivity contribution in [3.05, 3.63) is 0 Å². The highest BCUT2D eigenvalue weighted by Crippen LogP contribution is 2.45. The van der Waals surface area contributed by atoms with E-state index in [1.807, 2.05) is 0 Å². The second-order valence-corrected chi connectivity index (χ2v) is 34.6. The number of ether oxygens (including phenoxy) is 4. The third-order valence-electron chi connectivity index (χ3n) is 20.6. The zero-order chi connectivity index (χ0) is 77.1. The molecule has 0 bridgehead atoms. The molecule has 0 heterocycles. The van der Waals surface area contributed by atoms with Crippen LogP contribution >= 0.6 is 15.6 Å². The highest BCUT2D eigenvalue weighted by atomic mass is 31.2. The van der Waals surface area contributed by atoms with E-state index in [0.717, 1.165) is 102 Å². The van der Waals surface area contributed by atoms with Crippen LogP contribution in [-0.2, 0) is 65.4 Å². The molecule has 17 nitrogen and oxygen atoms in total. The molecule has 3 N–H and O–H groups in total. The van der Waals surface area contributed by atoms with Gasteiger partial charge in [-0.15, -0.1) is 0 Å². The first-order valence-corrected chi connectivity index (χ1v) is 47.5. The molecule has 0 fully saturated rings. The normalized spacial score (nSPS) is 14.1. The fraction of sp³-hybridized carbons (Fsp3) is 0.953. The van der Waals surface area contributed by atoms with Crippen LogP contribution < -0.4 is 0 Å². The number of carbonyl (C=O) groups is 4. The maximum Gasteiger partial charge on any atom is 0.472 e. The second-order valence-electron chi connectivity index (χ2n) is 31.6. The van der Waals surface area contributed by atoms with Crippen LogP contribution in [0.15, 0.2) is 0 Å². The molecule has 0 spiro atoms. The van der Waals surface area contributed by atoms with Gasteiger partial charge in [0.2, 0.25) is 0 Å². The molecule has 624 valence electrons. The lowest BCUT2D eigenvalue weighted by Gasteiger charge is -2.21. The first-order chi connectivity index (χ1) is 50.9. The van der Waals surface area contributed by atoms with Crippen molar-refractivity contribution in [1.82, 2.24) is 0 Å². The molecule has 0 radical (unpaired) electrons. The van der Waals surface area contributed by atoms with Crippen LogP contribution in [0.5, 0.6) is 0 Å². The van der Waals surface area contributed by atoms with E-state index in [2.05, 4.69) is 41.5 Å². The highest BCUT2D eigenvalue weighted by molar-refractivity contribution is 7.47. The summed E-state index contributed by atoms with van der Waals surface area (Å²) in [4.78, 5) is 73.2. The minimum absolute atomic E-state index is 0.109. The summed E-state index contributed by atoms with van der Waals surface area (Å²) in [5.74, 6) is -0.438. The van der Waals surface area contributed by atoms with Crippen molar-refractivity contribution in [3.8, 4) is 0 Å². The summed E-state index contributed by atoms with van der Waals surface area (Å²) in [6, 6.07) is 0. The lowest BCUT2D eigenvalue weighted by Crippen LogP contribution is -2.30. The van der Waals surface area contributed by atoms with E-state index in [-0.39, 0.29) is 25.7 Å². The zero-order valence-corrected chi connectivity index (χ0v) is 70.8.